The van der Waals surface area contributed by atoms with E-state index in [9.17, 15) is 4.79 Å². The second-order valence-corrected chi connectivity index (χ2v) is 6.16. The van der Waals surface area contributed by atoms with Crippen molar-refractivity contribution in [3.05, 3.63) is 0 Å². The average Bonchev–Trinajstić information content (AvgIpc) is 2.66. The van der Waals surface area contributed by atoms with Gasteiger partial charge in [0.15, 0.2) is 0 Å². The van der Waals surface area contributed by atoms with Gasteiger partial charge in [-0.2, -0.15) is 11.8 Å². The highest BCUT2D eigenvalue weighted by atomic mass is 32.2. The minimum absolute atomic E-state index is 0.235. The van der Waals surface area contributed by atoms with Gasteiger partial charge in [-0.3, -0.25) is 4.79 Å². The maximum atomic E-state index is 11.9. The van der Waals surface area contributed by atoms with Crippen LogP contribution in [0.3, 0.4) is 0 Å². The summed E-state index contributed by atoms with van der Waals surface area (Å²) >= 11 is 1.95. The molecule has 2 fully saturated rings. The van der Waals surface area contributed by atoms with E-state index in [1.54, 1.807) is 0 Å². The van der Waals surface area contributed by atoms with Crippen molar-refractivity contribution in [1.29, 1.82) is 0 Å². The molecule has 4 heteroatoms. The molecule has 0 aromatic heterocycles. The van der Waals surface area contributed by atoms with E-state index in [1.807, 2.05) is 11.8 Å². The molecular formula is C12H22N2OS. The van der Waals surface area contributed by atoms with Crippen LogP contribution in [-0.2, 0) is 4.79 Å². The van der Waals surface area contributed by atoms with Crippen LogP contribution >= 0.6 is 11.8 Å². The highest BCUT2D eigenvalue weighted by Gasteiger charge is 2.25. The third-order valence-corrected chi connectivity index (χ3v) is 4.77. The lowest BCUT2D eigenvalue weighted by Crippen LogP contribution is -2.44. The summed E-state index contributed by atoms with van der Waals surface area (Å²) in [5, 5.41) is 6.59. The molecule has 0 aromatic carbocycles. The summed E-state index contributed by atoms with van der Waals surface area (Å²) < 4.78 is 0. The molecule has 0 bridgehead atoms. The summed E-state index contributed by atoms with van der Waals surface area (Å²) in [4.78, 5) is 11.9. The third kappa shape index (κ3) is 3.39. The van der Waals surface area contributed by atoms with E-state index >= 15 is 0 Å². The molecule has 1 saturated carbocycles. The Bertz CT molecular complexity index is 241. The normalized spacial score (nSPS) is 34.9. The number of carbonyl (C=O) groups excluding carboxylic acids is 1. The number of nitrogens with one attached hydrogen (secondary N) is 2. The topological polar surface area (TPSA) is 41.1 Å². The second-order valence-electron chi connectivity index (χ2n) is 5.01. The van der Waals surface area contributed by atoms with Crippen LogP contribution in [0.4, 0.5) is 0 Å². The monoisotopic (exact) mass is 242 g/mol. The van der Waals surface area contributed by atoms with Gasteiger partial charge in [-0.1, -0.05) is 13.3 Å². The van der Waals surface area contributed by atoms with E-state index in [2.05, 4.69) is 17.6 Å². The summed E-state index contributed by atoms with van der Waals surface area (Å²) in [5.41, 5.74) is 0. The molecule has 1 heterocycles. The van der Waals surface area contributed by atoms with Crippen LogP contribution in [0.2, 0.25) is 0 Å². The lowest BCUT2D eigenvalue weighted by Gasteiger charge is -2.24. The lowest BCUT2D eigenvalue weighted by atomic mass is 10.1. The molecule has 1 aliphatic heterocycles. The van der Waals surface area contributed by atoms with E-state index < -0.39 is 0 Å². The van der Waals surface area contributed by atoms with Crippen LogP contribution in [-0.4, -0.2) is 36.0 Å². The molecule has 1 aliphatic carbocycles. The van der Waals surface area contributed by atoms with Crippen molar-refractivity contribution in [2.75, 3.05) is 18.1 Å². The molecule has 2 aliphatic rings. The fourth-order valence-corrected chi connectivity index (χ4v) is 3.55. The summed E-state index contributed by atoms with van der Waals surface area (Å²) in [5.74, 6) is 3.15. The van der Waals surface area contributed by atoms with Gasteiger partial charge < -0.3 is 10.6 Å². The molecule has 3 nitrogen and oxygen atoms in total. The molecule has 3 atom stereocenters. The molecular weight excluding hydrogens is 220 g/mol. The highest BCUT2D eigenvalue weighted by molar-refractivity contribution is 7.99. The summed E-state index contributed by atoms with van der Waals surface area (Å²) in [6.45, 7) is 3.29. The Morgan fingerprint density at radius 2 is 2.38 bits per heavy atom. The number of rotatable bonds is 3. The lowest BCUT2D eigenvalue weighted by molar-refractivity contribution is -0.122. The molecule has 2 N–H and O–H groups in total. The molecule has 3 unspecified atom stereocenters. The SMILES string of the molecule is CC1CCCC1NC(=O)CC1CSCCN1. The predicted octanol–water partition coefficient (Wildman–Crippen LogP) is 1.39. The first-order valence-corrected chi connectivity index (χ1v) is 7.51. The van der Waals surface area contributed by atoms with Crippen LogP contribution in [0.15, 0.2) is 0 Å². The van der Waals surface area contributed by atoms with Crippen molar-refractivity contribution < 1.29 is 4.79 Å². The number of thioether (sulfide) groups is 1. The Morgan fingerprint density at radius 1 is 1.50 bits per heavy atom. The number of hydrogen-bond donors (Lipinski definition) is 2. The zero-order valence-corrected chi connectivity index (χ0v) is 10.8. The first-order valence-electron chi connectivity index (χ1n) is 6.36. The van der Waals surface area contributed by atoms with E-state index in [4.69, 9.17) is 0 Å². The van der Waals surface area contributed by atoms with Crippen LogP contribution < -0.4 is 10.6 Å². The quantitative estimate of drug-likeness (QED) is 0.786. The first-order chi connectivity index (χ1) is 7.75. The maximum absolute atomic E-state index is 11.9. The number of hydrogen-bond acceptors (Lipinski definition) is 3. The van der Waals surface area contributed by atoms with Crippen molar-refractivity contribution in [3.63, 3.8) is 0 Å². The van der Waals surface area contributed by atoms with Crippen molar-refractivity contribution in [2.45, 2.75) is 44.7 Å². The minimum Gasteiger partial charge on any atom is -0.353 e. The number of carbonyl (C=O) groups is 1. The Kier molecular flexibility index (Phi) is 4.53. The maximum Gasteiger partial charge on any atom is 0.221 e. The largest absolute Gasteiger partial charge is 0.353 e. The minimum atomic E-state index is 0.235. The van der Waals surface area contributed by atoms with Crippen LogP contribution in [0.5, 0.6) is 0 Å². The Hall–Kier alpha value is -0.220. The van der Waals surface area contributed by atoms with Gasteiger partial charge in [0.05, 0.1) is 0 Å². The Morgan fingerprint density at radius 3 is 3.00 bits per heavy atom. The van der Waals surface area contributed by atoms with E-state index in [-0.39, 0.29) is 5.91 Å². The smallest absolute Gasteiger partial charge is 0.221 e. The second kappa shape index (κ2) is 5.92. The molecule has 0 aromatic rings. The molecule has 2 rings (SSSR count). The number of amides is 1. The molecule has 1 amide bonds. The zero-order valence-electron chi connectivity index (χ0n) is 10.00. The predicted molar refractivity (Wildman–Crippen MR) is 68.7 cm³/mol. The fourth-order valence-electron chi connectivity index (χ4n) is 2.60. The van der Waals surface area contributed by atoms with Crippen LogP contribution in [0.25, 0.3) is 0 Å². The molecule has 92 valence electrons. The van der Waals surface area contributed by atoms with Crippen LogP contribution in [0, 0.1) is 5.92 Å². The van der Waals surface area contributed by atoms with Crippen LogP contribution in [0.1, 0.15) is 32.6 Å². The van der Waals surface area contributed by atoms with Gasteiger partial charge in [0, 0.05) is 36.6 Å². The third-order valence-electron chi connectivity index (χ3n) is 3.64. The van der Waals surface area contributed by atoms with Gasteiger partial charge in [-0.15, -0.1) is 0 Å². The average molecular weight is 242 g/mol. The summed E-state index contributed by atoms with van der Waals surface area (Å²) in [6.07, 6.45) is 4.35. The van der Waals surface area contributed by atoms with Crippen molar-refractivity contribution in [1.82, 2.24) is 10.6 Å². The van der Waals surface area contributed by atoms with Crippen molar-refractivity contribution >= 4 is 17.7 Å². The van der Waals surface area contributed by atoms with E-state index in [0.29, 0.717) is 24.4 Å². The van der Waals surface area contributed by atoms with E-state index in [0.717, 1.165) is 12.3 Å². The molecule has 16 heavy (non-hydrogen) atoms. The molecule has 1 saturated heterocycles. The van der Waals surface area contributed by atoms with Crippen molar-refractivity contribution in [2.24, 2.45) is 5.92 Å². The summed E-state index contributed by atoms with van der Waals surface area (Å²) in [6, 6.07) is 0.819. The Balaban J connectivity index is 1.70. The van der Waals surface area contributed by atoms with Gasteiger partial charge in [-0.25, -0.2) is 0 Å². The van der Waals surface area contributed by atoms with E-state index in [1.165, 1.54) is 25.0 Å². The van der Waals surface area contributed by atoms with Crippen molar-refractivity contribution in [3.8, 4) is 0 Å². The zero-order chi connectivity index (χ0) is 11.4. The summed E-state index contributed by atoms with van der Waals surface area (Å²) in [7, 11) is 0. The van der Waals surface area contributed by atoms with Gasteiger partial charge in [0.1, 0.15) is 0 Å². The van der Waals surface area contributed by atoms with Gasteiger partial charge in [-0.05, 0) is 18.8 Å². The van der Waals surface area contributed by atoms with Gasteiger partial charge in [0.25, 0.3) is 0 Å². The standard InChI is InChI=1S/C12H22N2OS/c1-9-3-2-4-11(9)14-12(15)7-10-8-16-6-5-13-10/h9-11,13H,2-8H2,1H3,(H,14,15). The highest BCUT2D eigenvalue weighted by Crippen LogP contribution is 2.24. The Labute approximate surface area is 102 Å². The molecule has 0 radical (unpaired) electrons. The molecule has 0 spiro atoms. The first kappa shape index (κ1) is 12.2. The van der Waals surface area contributed by atoms with Gasteiger partial charge >= 0.3 is 0 Å². The fraction of sp³-hybridized carbons (Fsp3) is 0.917. The van der Waals surface area contributed by atoms with Gasteiger partial charge in [0.2, 0.25) is 5.91 Å².